The number of carbonyl (C=O) groups is 1. The number of amides is 1. The second kappa shape index (κ2) is 9.68. The van der Waals surface area contributed by atoms with Crippen LogP contribution >= 0.6 is 51.5 Å². The van der Waals surface area contributed by atoms with Crippen molar-refractivity contribution in [3.05, 3.63) is 62.2 Å². The Labute approximate surface area is 221 Å². The van der Waals surface area contributed by atoms with Crippen LogP contribution in [0.1, 0.15) is 29.9 Å². The summed E-state index contributed by atoms with van der Waals surface area (Å²) in [7, 11) is 0. The predicted molar refractivity (Wildman–Crippen MR) is 138 cm³/mol. The SMILES string of the molecule is CC1(C)Oc2ccc(Br)cc2-c2[nH]nc(C(=O)N(c3ccc(Cl)cc3Cl)N3CCOCC3)c21.Cl. The molecule has 0 bridgehead atoms. The minimum absolute atomic E-state index is 0. The molecule has 11 heteroatoms. The maximum Gasteiger partial charge on any atom is 0.293 e. The molecule has 0 radical (unpaired) electrons. The summed E-state index contributed by atoms with van der Waals surface area (Å²) < 4.78 is 12.7. The number of rotatable bonds is 3. The Bertz CT molecular complexity index is 1240. The fraction of sp³-hybridized carbons (Fsp3) is 0.304. The van der Waals surface area contributed by atoms with Gasteiger partial charge >= 0.3 is 0 Å². The number of H-pyrrole nitrogens is 1. The van der Waals surface area contributed by atoms with Crippen molar-refractivity contribution in [2.75, 3.05) is 31.3 Å². The highest BCUT2D eigenvalue weighted by Crippen LogP contribution is 2.46. The summed E-state index contributed by atoms with van der Waals surface area (Å²) in [5, 5.41) is 11.9. The number of hydrazine groups is 1. The number of carbonyl (C=O) groups excluding carboxylic acids is 1. The van der Waals surface area contributed by atoms with Gasteiger partial charge in [-0.15, -0.1) is 12.4 Å². The third kappa shape index (κ3) is 4.43. The molecule has 3 aromatic rings. The summed E-state index contributed by atoms with van der Waals surface area (Å²) in [6.07, 6.45) is 0. The van der Waals surface area contributed by atoms with Crippen molar-refractivity contribution in [3.63, 3.8) is 0 Å². The summed E-state index contributed by atoms with van der Waals surface area (Å²) in [6, 6.07) is 10.9. The van der Waals surface area contributed by atoms with Crippen LogP contribution < -0.4 is 9.75 Å². The Balaban J connectivity index is 0.00000274. The van der Waals surface area contributed by atoms with Gasteiger partial charge in [-0.05, 0) is 50.2 Å². The number of fused-ring (bicyclic) bond motifs is 3. The van der Waals surface area contributed by atoms with Crippen molar-refractivity contribution in [2.24, 2.45) is 0 Å². The van der Waals surface area contributed by atoms with Gasteiger partial charge in [0.25, 0.3) is 5.91 Å². The Hall–Kier alpha value is -1.81. The number of nitrogens with one attached hydrogen (secondary N) is 1. The van der Waals surface area contributed by atoms with Gasteiger partial charge < -0.3 is 9.47 Å². The van der Waals surface area contributed by atoms with Crippen LogP contribution in [0.25, 0.3) is 11.3 Å². The number of morpholine rings is 1. The molecule has 1 N–H and O–H groups in total. The fourth-order valence-corrected chi connectivity index (χ4v) is 5.14. The molecule has 1 saturated heterocycles. The van der Waals surface area contributed by atoms with E-state index >= 15 is 0 Å². The van der Waals surface area contributed by atoms with E-state index in [4.69, 9.17) is 32.7 Å². The van der Waals surface area contributed by atoms with Gasteiger partial charge in [0.2, 0.25) is 0 Å². The summed E-state index contributed by atoms with van der Waals surface area (Å²) in [4.78, 5) is 14.1. The molecular formula is C23H22BrCl3N4O3. The molecule has 2 aromatic carbocycles. The van der Waals surface area contributed by atoms with Gasteiger partial charge in [0.1, 0.15) is 11.4 Å². The minimum atomic E-state index is -0.783. The van der Waals surface area contributed by atoms with Crippen molar-refractivity contribution in [1.29, 1.82) is 0 Å². The highest BCUT2D eigenvalue weighted by Gasteiger charge is 2.41. The van der Waals surface area contributed by atoms with E-state index in [0.29, 0.717) is 47.6 Å². The van der Waals surface area contributed by atoms with E-state index in [-0.39, 0.29) is 24.0 Å². The summed E-state index contributed by atoms with van der Waals surface area (Å²) >= 11 is 16.2. The fourth-order valence-electron chi connectivity index (χ4n) is 4.29. The Morgan fingerprint density at radius 3 is 2.62 bits per heavy atom. The smallest absolute Gasteiger partial charge is 0.293 e. The third-order valence-corrected chi connectivity index (χ3v) is 6.78. The Kier molecular flexibility index (Phi) is 7.20. The molecule has 7 nitrogen and oxygen atoms in total. The molecule has 2 aliphatic rings. The zero-order chi connectivity index (χ0) is 23.3. The number of aromatic amines is 1. The van der Waals surface area contributed by atoms with E-state index in [1.807, 2.05) is 37.1 Å². The Morgan fingerprint density at radius 1 is 1.18 bits per heavy atom. The lowest BCUT2D eigenvalue weighted by Crippen LogP contribution is -2.52. The van der Waals surface area contributed by atoms with Gasteiger partial charge in [0.15, 0.2) is 5.69 Å². The first kappa shape index (κ1) is 25.3. The highest BCUT2D eigenvalue weighted by atomic mass is 79.9. The number of aromatic nitrogens is 2. The van der Waals surface area contributed by atoms with Crippen molar-refractivity contribution in [1.82, 2.24) is 15.2 Å². The molecule has 0 aliphatic carbocycles. The molecular weight excluding hydrogens is 567 g/mol. The maximum atomic E-state index is 14.1. The maximum absolute atomic E-state index is 14.1. The van der Waals surface area contributed by atoms with Crippen molar-refractivity contribution < 1.29 is 14.3 Å². The van der Waals surface area contributed by atoms with E-state index in [1.165, 1.54) is 0 Å². The first-order chi connectivity index (χ1) is 15.8. The predicted octanol–water partition coefficient (Wildman–Crippen LogP) is 6.09. The largest absolute Gasteiger partial charge is 0.482 e. The highest BCUT2D eigenvalue weighted by molar-refractivity contribution is 9.10. The molecule has 1 fully saturated rings. The van der Waals surface area contributed by atoms with Gasteiger partial charge in [0.05, 0.1) is 35.2 Å². The van der Waals surface area contributed by atoms with Crippen LogP contribution in [0.3, 0.4) is 0 Å². The molecule has 1 amide bonds. The molecule has 3 heterocycles. The molecule has 0 unspecified atom stereocenters. The van der Waals surface area contributed by atoms with Gasteiger partial charge in [-0.3, -0.25) is 9.89 Å². The van der Waals surface area contributed by atoms with E-state index in [0.717, 1.165) is 21.5 Å². The van der Waals surface area contributed by atoms with E-state index in [1.54, 1.807) is 23.2 Å². The molecule has 34 heavy (non-hydrogen) atoms. The molecule has 180 valence electrons. The number of benzene rings is 2. The number of nitrogens with zero attached hydrogens (tertiary/aromatic N) is 3. The van der Waals surface area contributed by atoms with Crippen LogP contribution in [0, 0.1) is 0 Å². The topological polar surface area (TPSA) is 70.7 Å². The number of hydrogen-bond acceptors (Lipinski definition) is 5. The second-order valence-electron chi connectivity index (χ2n) is 8.35. The van der Waals surface area contributed by atoms with E-state index < -0.39 is 5.60 Å². The van der Waals surface area contributed by atoms with Gasteiger partial charge in [-0.1, -0.05) is 39.1 Å². The van der Waals surface area contributed by atoms with Gasteiger partial charge in [0, 0.05) is 28.1 Å². The lowest BCUT2D eigenvalue weighted by Gasteiger charge is -2.38. The second-order valence-corrected chi connectivity index (χ2v) is 10.1. The summed E-state index contributed by atoms with van der Waals surface area (Å²) in [5.74, 6) is 0.415. The third-order valence-electron chi connectivity index (χ3n) is 5.75. The van der Waals surface area contributed by atoms with Crippen molar-refractivity contribution >= 4 is 63.1 Å². The lowest BCUT2D eigenvalue weighted by atomic mass is 9.89. The average Bonchev–Trinajstić information content (AvgIpc) is 3.24. The van der Waals surface area contributed by atoms with Crippen LogP contribution in [0.4, 0.5) is 5.69 Å². The summed E-state index contributed by atoms with van der Waals surface area (Å²) in [5.41, 5.74) is 2.32. The standard InChI is InChI=1S/C23H21BrCl2N4O3.ClH/c1-23(2)19-20(15-11-13(24)3-6-18(15)33-23)27-28-21(19)22(31)30(29-7-9-32-10-8-29)17-5-4-14(25)12-16(17)26;/h3-6,11-12H,7-10H2,1-2H3,(H,27,28);1H. The van der Waals surface area contributed by atoms with Crippen LogP contribution in [-0.4, -0.2) is 47.4 Å². The monoisotopic (exact) mass is 586 g/mol. The molecule has 0 saturated carbocycles. The van der Waals surface area contributed by atoms with Crippen molar-refractivity contribution in [2.45, 2.75) is 19.4 Å². The van der Waals surface area contributed by atoms with Crippen molar-refractivity contribution in [3.8, 4) is 17.0 Å². The van der Waals surface area contributed by atoms with Gasteiger partial charge in [-0.25, -0.2) is 10.0 Å². The molecule has 2 aliphatic heterocycles. The zero-order valence-electron chi connectivity index (χ0n) is 18.4. The molecule has 0 spiro atoms. The van der Waals surface area contributed by atoms with Crippen LogP contribution in [0.5, 0.6) is 5.75 Å². The van der Waals surface area contributed by atoms with E-state index in [9.17, 15) is 4.79 Å². The van der Waals surface area contributed by atoms with Crippen LogP contribution in [0.2, 0.25) is 10.0 Å². The van der Waals surface area contributed by atoms with Crippen LogP contribution in [-0.2, 0) is 10.3 Å². The molecule has 1 aromatic heterocycles. The molecule has 0 atom stereocenters. The number of hydrogen-bond donors (Lipinski definition) is 1. The first-order valence-electron chi connectivity index (χ1n) is 10.5. The quantitative estimate of drug-likeness (QED) is 0.401. The first-order valence-corrected chi connectivity index (χ1v) is 12.0. The average molecular weight is 589 g/mol. The normalized spacial score (nSPS) is 16.6. The van der Waals surface area contributed by atoms with Crippen LogP contribution in [0.15, 0.2) is 40.9 Å². The summed E-state index contributed by atoms with van der Waals surface area (Å²) in [6.45, 7) is 5.93. The minimum Gasteiger partial charge on any atom is -0.482 e. The number of anilines is 1. The zero-order valence-corrected chi connectivity index (χ0v) is 22.3. The number of halogens is 4. The van der Waals surface area contributed by atoms with Gasteiger partial charge in [-0.2, -0.15) is 5.10 Å². The van der Waals surface area contributed by atoms with E-state index in [2.05, 4.69) is 26.1 Å². The Morgan fingerprint density at radius 2 is 1.91 bits per heavy atom. The number of ether oxygens (including phenoxy) is 2. The molecule has 5 rings (SSSR count). The lowest BCUT2D eigenvalue weighted by molar-refractivity contribution is 0.0296.